The van der Waals surface area contributed by atoms with E-state index in [1.54, 1.807) is 12.4 Å². The van der Waals surface area contributed by atoms with Gasteiger partial charge >= 0.3 is 12.1 Å². The SMILES string of the molecule is Cl.O=C(O)C(F)(F)F.Oc1nc(N[C@H](CN2CCCC2)c2ccccc2)[nH]c1C=C1C=Nc2ncccc21. The number of nitrogens with one attached hydrogen (secondary N) is 2. The third kappa shape index (κ3) is 7.33. The molecule has 0 bridgehead atoms. The molecule has 3 aromatic rings. The Morgan fingerprint density at radius 3 is 2.50 bits per heavy atom. The van der Waals surface area contributed by atoms with Crippen molar-refractivity contribution in [2.45, 2.75) is 25.1 Å². The Morgan fingerprint density at radius 1 is 1.16 bits per heavy atom. The minimum atomic E-state index is -5.08. The lowest BCUT2D eigenvalue weighted by Gasteiger charge is -2.24. The molecule has 202 valence electrons. The molecule has 5 rings (SSSR count). The second-order valence-corrected chi connectivity index (χ2v) is 8.47. The number of hydrogen-bond donors (Lipinski definition) is 4. The van der Waals surface area contributed by atoms with E-state index in [0.717, 1.165) is 30.8 Å². The Hall–Kier alpha value is -3.90. The minimum absolute atomic E-state index is 0. The highest BCUT2D eigenvalue weighted by Gasteiger charge is 2.38. The van der Waals surface area contributed by atoms with Gasteiger partial charge in [0.1, 0.15) is 5.69 Å². The molecule has 1 fully saturated rings. The summed E-state index contributed by atoms with van der Waals surface area (Å²) in [4.78, 5) is 27.5. The van der Waals surface area contributed by atoms with Crippen LogP contribution in [0.25, 0.3) is 11.6 Å². The van der Waals surface area contributed by atoms with E-state index in [1.165, 1.54) is 18.4 Å². The van der Waals surface area contributed by atoms with Gasteiger partial charge in [0.2, 0.25) is 11.8 Å². The average Bonchev–Trinajstić information content (AvgIpc) is 3.61. The number of imidazole rings is 1. The van der Waals surface area contributed by atoms with Crippen molar-refractivity contribution in [3.63, 3.8) is 0 Å². The fourth-order valence-corrected chi connectivity index (χ4v) is 4.05. The lowest BCUT2D eigenvalue weighted by atomic mass is 10.1. The highest BCUT2D eigenvalue weighted by Crippen LogP contribution is 2.32. The van der Waals surface area contributed by atoms with Crippen LogP contribution in [0.2, 0.25) is 0 Å². The molecule has 38 heavy (non-hydrogen) atoms. The number of carbonyl (C=O) groups is 1. The lowest BCUT2D eigenvalue weighted by Crippen LogP contribution is -2.29. The summed E-state index contributed by atoms with van der Waals surface area (Å²) in [5.74, 6) is -1.55. The van der Waals surface area contributed by atoms with Gasteiger partial charge in [-0.05, 0) is 49.7 Å². The van der Waals surface area contributed by atoms with Crippen molar-refractivity contribution in [1.82, 2.24) is 19.9 Å². The monoisotopic (exact) mass is 550 g/mol. The number of aromatic hydroxyl groups is 1. The van der Waals surface area contributed by atoms with Crippen molar-refractivity contribution in [3.8, 4) is 5.88 Å². The molecule has 13 heteroatoms. The summed E-state index contributed by atoms with van der Waals surface area (Å²) >= 11 is 0. The number of aliphatic carboxylic acids is 1. The highest BCUT2D eigenvalue weighted by molar-refractivity contribution is 6.20. The summed E-state index contributed by atoms with van der Waals surface area (Å²) in [5, 5.41) is 21.0. The van der Waals surface area contributed by atoms with Gasteiger partial charge < -0.3 is 25.4 Å². The molecule has 9 nitrogen and oxygen atoms in total. The van der Waals surface area contributed by atoms with E-state index < -0.39 is 12.1 Å². The van der Waals surface area contributed by atoms with Crippen molar-refractivity contribution in [1.29, 1.82) is 0 Å². The molecule has 4 heterocycles. The van der Waals surface area contributed by atoms with Gasteiger partial charge in [0.25, 0.3) is 0 Å². The number of anilines is 1. The zero-order valence-electron chi connectivity index (χ0n) is 20.0. The summed E-state index contributed by atoms with van der Waals surface area (Å²) in [7, 11) is 0. The number of rotatable bonds is 6. The first-order chi connectivity index (χ1) is 17.7. The molecule has 1 atom stereocenters. The topological polar surface area (TPSA) is 127 Å². The van der Waals surface area contributed by atoms with Crippen molar-refractivity contribution >= 4 is 48.0 Å². The molecular weight excluding hydrogens is 525 g/mol. The molecule has 0 radical (unpaired) electrons. The van der Waals surface area contributed by atoms with Crippen LogP contribution in [0, 0.1) is 0 Å². The van der Waals surface area contributed by atoms with Crippen molar-refractivity contribution in [3.05, 3.63) is 65.5 Å². The fourth-order valence-electron chi connectivity index (χ4n) is 4.05. The summed E-state index contributed by atoms with van der Waals surface area (Å²) in [6.07, 6.45) is 2.74. The highest BCUT2D eigenvalue weighted by atomic mass is 35.5. The van der Waals surface area contributed by atoms with Crippen LogP contribution in [0.3, 0.4) is 0 Å². The maximum absolute atomic E-state index is 10.6. The maximum atomic E-state index is 10.6. The molecule has 0 amide bonds. The van der Waals surface area contributed by atoms with Gasteiger partial charge in [0, 0.05) is 30.1 Å². The summed E-state index contributed by atoms with van der Waals surface area (Å²) in [6.45, 7) is 3.14. The first-order valence-electron chi connectivity index (χ1n) is 11.5. The number of allylic oxidation sites excluding steroid dienone is 1. The number of alkyl halides is 3. The Balaban J connectivity index is 0.000000444. The fraction of sp³-hybridized carbons (Fsp3) is 0.280. The predicted molar refractivity (Wildman–Crippen MR) is 140 cm³/mol. The molecule has 4 N–H and O–H groups in total. The Bertz CT molecular complexity index is 1290. The van der Waals surface area contributed by atoms with Crippen LogP contribution in [0.4, 0.5) is 24.9 Å². The van der Waals surface area contributed by atoms with E-state index in [2.05, 4.69) is 42.3 Å². The van der Waals surface area contributed by atoms with E-state index >= 15 is 0 Å². The second-order valence-electron chi connectivity index (χ2n) is 8.47. The Kier molecular flexibility index (Phi) is 9.48. The number of hydrogen-bond acceptors (Lipinski definition) is 7. The number of pyridine rings is 1. The van der Waals surface area contributed by atoms with Gasteiger partial charge in [0.05, 0.1) is 6.04 Å². The van der Waals surface area contributed by atoms with Gasteiger partial charge in [-0.2, -0.15) is 18.2 Å². The molecule has 1 saturated heterocycles. The molecule has 0 aliphatic carbocycles. The van der Waals surface area contributed by atoms with Crippen LogP contribution >= 0.6 is 12.4 Å². The van der Waals surface area contributed by atoms with Crippen molar-refractivity contribution in [2.75, 3.05) is 25.0 Å². The summed E-state index contributed by atoms with van der Waals surface area (Å²) in [6, 6.07) is 14.3. The third-order valence-electron chi connectivity index (χ3n) is 5.83. The van der Waals surface area contributed by atoms with E-state index in [-0.39, 0.29) is 24.3 Å². The van der Waals surface area contributed by atoms with Crippen LogP contribution < -0.4 is 5.32 Å². The molecule has 1 aromatic carbocycles. The molecule has 0 saturated carbocycles. The zero-order valence-corrected chi connectivity index (χ0v) is 20.8. The maximum Gasteiger partial charge on any atom is 0.490 e. The summed E-state index contributed by atoms with van der Waals surface area (Å²) < 4.78 is 31.7. The molecule has 2 aromatic heterocycles. The second kappa shape index (κ2) is 12.6. The number of aromatic nitrogens is 3. The summed E-state index contributed by atoms with van der Waals surface area (Å²) in [5.41, 5.74) is 3.57. The number of nitrogens with zero attached hydrogens (tertiary/aromatic N) is 4. The number of benzene rings is 1. The standard InChI is InChI=1S/C23H24N6O.C2HF3O2.ClH/c30-22-19(13-17-14-25-21-18(17)9-6-10-24-21)26-23(28-22)27-20(15-29-11-4-5-12-29)16-7-2-1-3-8-16;3-2(4,5)1(6)7;/h1-3,6-10,13-14,20,30H,4-5,11-12,15H2,(H2,26,27,28);(H,6,7);1H/t20-;;/m1../s1. The van der Waals surface area contributed by atoms with Gasteiger partial charge in [-0.15, -0.1) is 12.4 Å². The number of carboxylic acid groups (broad SMARTS) is 1. The number of likely N-dealkylation sites (tertiary alicyclic amines) is 1. The number of H-pyrrole nitrogens is 1. The van der Waals surface area contributed by atoms with Crippen molar-refractivity contribution < 1.29 is 28.2 Å². The number of aromatic amines is 1. The van der Waals surface area contributed by atoms with Crippen LogP contribution in [0.15, 0.2) is 53.7 Å². The number of aliphatic imine (C=N–C) groups is 1. The van der Waals surface area contributed by atoms with E-state index in [9.17, 15) is 18.3 Å². The van der Waals surface area contributed by atoms with Gasteiger partial charge in [-0.3, -0.25) is 0 Å². The lowest BCUT2D eigenvalue weighted by molar-refractivity contribution is -0.192. The molecular formula is C25H26ClF3N6O3. The predicted octanol–water partition coefficient (Wildman–Crippen LogP) is 5.07. The van der Waals surface area contributed by atoms with Gasteiger partial charge in [0.15, 0.2) is 5.82 Å². The normalized spacial score (nSPS) is 16.3. The van der Waals surface area contributed by atoms with Crippen LogP contribution in [0.1, 0.15) is 35.7 Å². The minimum Gasteiger partial charge on any atom is -0.492 e. The zero-order chi connectivity index (χ0) is 26.4. The van der Waals surface area contributed by atoms with Crippen LogP contribution in [0.5, 0.6) is 5.88 Å². The average molecular weight is 551 g/mol. The number of fused-ring (bicyclic) bond motifs is 1. The Labute approximate surface area is 222 Å². The largest absolute Gasteiger partial charge is 0.492 e. The first kappa shape index (κ1) is 28.7. The molecule has 2 aliphatic heterocycles. The number of halogens is 4. The molecule has 2 aliphatic rings. The van der Waals surface area contributed by atoms with Crippen molar-refractivity contribution in [2.24, 2.45) is 4.99 Å². The van der Waals surface area contributed by atoms with Gasteiger partial charge in [-0.1, -0.05) is 30.3 Å². The third-order valence-corrected chi connectivity index (χ3v) is 5.83. The Morgan fingerprint density at radius 2 is 1.84 bits per heavy atom. The first-order valence-corrected chi connectivity index (χ1v) is 11.5. The van der Waals surface area contributed by atoms with Crippen LogP contribution in [-0.4, -0.2) is 68.1 Å². The smallest absolute Gasteiger partial charge is 0.490 e. The van der Waals surface area contributed by atoms with Gasteiger partial charge in [-0.25, -0.2) is 14.8 Å². The number of carboxylic acids is 1. The van der Waals surface area contributed by atoms with E-state index in [1.807, 2.05) is 36.4 Å². The van der Waals surface area contributed by atoms with E-state index in [0.29, 0.717) is 17.5 Å². The quantitative estimate of drug-likeness (QED) is 0.337. The van der Waals surface area contributed by atoms with E-state index in [4.69, 9.17) is 9.90 Å². The van der Waals surface area contributed by atoms with Crippen LogP contribution in [-0.2, 0) is 4.79 Å². The molecule has 0 spiro atoms. The molecule has 0 unspecified atom stereocenters.